The Morgan fingerprint density at radius 3 is 2.66 bits per heavy atom. The first kappa shape index (κ1) is 20.8. The second-order valence-electron chi connectivity index (χ2n) is 6.91. The lowest BCUT2D eigenvalue weighted by Gasteiger charge is -2.23. The van der Waals surface area contributed by atoms with Crippen molar-refractivity contribution in [2.45, 2.75) is 24.8 Å². The minimum absolute atomic E-state index is 0.0267. The second-order valence-corrected chi connectivity index (χ2v) is 8.92. The van der Waals surface area contributed by atoms with E-state index in [1.54, 1.807) is 13.0 Å². The van der Waals surface area contributed by atoms with Crippen LogP contribution in [0.2, 0.25) is 0 Å². The van der Waals surface area contributed by atoms with E-state index >= 15 is 0 Å². The van der Waals surface area contributed by atoms with Gasteiger partial charge in [0, 0.05) is 13.1 Å². The van der Waals surface area contributed by atoms with E-state index in [-0.39, 0.29) is 35.7 Å². The molecule has 0 fully saturated rings. The first-order valence-electron chi connectivity index (χ1n) is 9.06. The third-order valence-corrected chi connectivity index (χ3v) is 6.59. The van der Waals surface area contributed by atoms with Gasteiger partial charge < -0.3 is 15.4 Å². The zero-order chi connectivity index (χ0) is 21.2. The number of carbonyl (C=O) groups excluding carboxylic acids is 2. The molecule has 8 nitrogen and oxygen atoms in total. The Morgan fingerprint density at radius 2 is 1.97 bits per heavy atom. The number of hydrogen-bond donors (Lipinski definition) is 2. The number of carbonyl (C=O) groups is 2. The predicted molar refractivity (Wildman–Crippen MR) is 108 cm³/mol. The summed E-state index contributed by atoms with van der Waals surface area (Å²) in [5.41, 5.74) is 1.80. The normalized spacial score (nSPS) is 14.6. The van der Waals surface area contributed by atoms with E-state index < -0.39 is 15.9 Å². The maximum Gasteiger partial charge on any atom is 0.262 e. The highest BCUT2D eigenvalue weighted by Gasteiger charge is 2.28. The molecule has 0 unspecified atom stereocenters. The molecule has 0 radical (unpaired) electrons. The highest BCUT2D eigenvalue weighted by Crippen LogP contribution is 2.33. The fraction of sp³-hybridized carbons (Fsp3) is 0.300. The van der Waals surface area contributed by atoms with E-state index in [1.807, 2.05) is 37.3 Å². The number of aryl methyl sites for hydroxylation is 1. The standard InChI is InChI=1S/C20H23N3O5S/c1-13-9-16-17(28-12-20(25)22-16)10-18(13)29(26,27)23(3)11-19(24)21-14(2)15-7-5-4-6-8-15/h4-10,14H,11-12H2,1-3H3,(H,21,24)(H,22,25)/t14-/m1/s1. The summed E-state index contributed by atoms with van der Waals surface area (Å²) < 4.78 is 32.3. The molecule has 2 aromatic carbocycles. The monoisotopic (exact) mass is 417 g/mol. The summed E-state index contributed by atoms with van der Waals surface area (Å²) in [6.45, 7) is 2.96. The molecule has 1 aliphatic heterocycles. The van der Waals surface area contributed by atoms with Gasteiger partial charge in [-0.05, 0) is 31.0 Å². The molecule has 29 heavy (non-hydrogen) atoms. The summed E-state index contributed by atoms with van der Waals surface area (Å²) in [4.78, 5) is 23.8. The van der Waals surface area contributed by atoms with E-state index in [2.05, 4.69) is 10.6 Å². The van der Waals surface area contributed by atoms with Crippen molar-refractivity contribution in [3.05, 3.63) is 53.6 Å². The summed E-state index contributed by atoms with van der Waals surface area (Å²) in [5, 5.41) is 5.44. The number of amides is 2. The Bertz CT molecular complexity index is 1040. The second kappa shape index (κ2) is 8.22. The molecule has 1 aliphatic rings. The SMILES string of the molecule is Cc1cc2c(cc1S(=O)(=O)N(C)CC(=O)N[C@H](C)c1ccccc1)OCC(=O)N2. The van der Waals surface area contributed by atoms with Gasteiger partial charge in [0.05, 0.1) is 23.2 Å². The van der Waals surface area contributed by atoms with Crippen LogP contribution in [0.1, 0.15) is 24.1 Å². The molecule has 1 heterocycles. The fourth-order valence-corrected chi connectivity index (χ4v) is 4.41. The molecule has 2 N–H and O–H groups in total. The third-order valence-electron chi connectivity index (χ3n) is 4.64. The number of anilines is 1. The minimum Gasteiger partial charge on any atom is -0.482 e. The van der Waals surface area contributed by atoms with Gasteiger partial charge in [0.2, 0.25) is 15.9 Å². The summed E-state index contributed by atoms with van der Waals surface area (Å²) >= 11 is 0. The van der Waals surface area contributed by atoms with E-state index in [0.717, 1.165) is 9.87 Å². The van der Waals surface area contributed by atoms with Crippen molar-refractivity contribution >= 4 is 27.5 Å². The van der Waals surface area contributed by atoms with Crippen molar-refractivity contribution in [1.29, 1.82) is 0 Å². The van der Waals surface area contributed by atoms with Gasteiger partial charge in [0.1, 0.15) is 5.75 Å². The first-order chi connectivity index (χ1) is 13.7. The molecule has 0 bridgehead atoms. The van der Waals surface area contributed by atoms with Crippen LogP contribution in [0.4, 0.5) is 5.69 Å². The molecule has 3 rings (SSSR count). The van der Waals surface area contributed by atoms with Crippen molar-refractivity contribution in [2.24, 2.45) is 0 Å². The summed E-state index contributed by atoms with van der Waals surface area (Å²) in [5.74, 6) is -0.426. The molecular weight excluding hydrogens is 394 g/mol. The third kappa shape index (κ3) is 4.57. The van der Waals surface area contributed by atoms with Gasteiger partial charge in [0.15, 0.2) is 6.61 Å². The average Bonchev–Trinajstić information content (AvgIpc) is 2.67. The number of hydrogen-bond acceptors (Lipinski definition) is 5. The van der Waals surface area contributed by atoms with Gasteiger partial charge in [-0.15, -0.1) is 0 Å². The lowest BCUT2D eigenvalue weighted by molar-refractivity contribution is -0.122. The molecule has 0 aromatic heterocycles. The van der Waals surface area contributed by atoms with Crippen LogP contribution < -0.4 is 15.4 Å². The van der Waals surface area contributed by atoms with E-state index in [1.165, 1.54) is 13.1 Å². The lowest BCUT2D eigenvalue weighted by atomic mass is 10.1. The van der Waals surface area contributed by atoms with Crippen LogP contribution in [0, 0.1) is 6.92 Å². The van der Waals surface area contributed by atoms with E-state index in [0.29, 0.717) is 11.3 Å². The average molecular weight is 417 g/mol. The van der Waals surface area contributed by atoms with Gasteiger partial charge in [-0.2, -0.15) is 4.31 Å². The Morgan fingerprint density at radius 1 is 1.28 bits per heavy atom. The quantitative estimate of drug-likeness (QED) is 0.746. The van der Waals surface area contributed by atoms with Gasteiger partial charge in [-0.3, -0.25) is 9.59 Å². The zero-order valence-corrected chi connectivity index (χ0v) is 17.2. The van der Waals surface area contributed by atoms with Crippen LogP contribution in [0.15, 0.2) is 47.4 Å². The van der Waals surface area contributed by atoms with Crippen molar-refractivity contribution in [1.82, 2.24) is 9.62 Å². The zero-order valence-electron chi connectivity index (χ0n) is 16.4. The fourth-order valence-electron chi connectivity index (χ4n) is 3.06. The molecule has 2 amide bonds. The van der Waals surface area contributed by atoms with Crippen LogP contribution in [0.25, 0.3) is 0 Å². The molecule has 0 saturated heterocycles. The molecule has 9 heteroatoms. The van der Waals surface area contributed by atoms with Crippen LogP contribution in [-0.2, 0) is 19.6 Å². The topological polar surface area (TPSA) is 105 Å². The molecule has 2 aromatic rings. The molecule has 1 atom stereocenters. The van der Waals surface area contributed by atoms with Crippen molar-refractivity contribution < 1.29 is 22.7 Å². The van der Waals surface area contributed by atoms with Crippen molar-refractivity contribution in [3.8, 4) is 5.75 Å². The minimum atomic E-state index is -3.93. The lowest BCUT2D eigenvalue weighted by Crippen LogP contribution is -2.39. The Labute approximate surface area is 169 Å². The summed E-state index contributed by atoms with van der Waals surface area (Å²) in [6.07, 6.45) is 0. The number of fused-ring (bicyclic) bond motifs is 1. The van der Waals surface area contributed by atoms with E-state index in [4.69, 9.17) is 4.74 Å². The number of nitrogens with zero attached hydrogens (tertiary/aromatic N) is 1. The first-order valence-corrected chi connectivity index (χ1v) is 10.5. The molecule has 0 aliphatic carbocycles. The number of benzene rings is 2. The number of ether oxygens (including phenoxy) is 1. The van der Waals surface area contributed by atoms with Crippen LogP contribution in [-0.4, -0.2) is 44.7 Å². The Hall–Kier alpha value is -2.91. The highest BCUT2D eigenvalue weighted by atomic mass is 32.2. The van der Waals surface area contributed by atoms with Gasteiger partial charge in [0.25, 0.3) is 5.91 Å². The Kier molecular flexibility index (Phi) is 5.90. The molecule has 154 valence electrons. The van der Waals surface area contributed by atoms with Gasteiger partial charge in [-0.1, -0.05) is 30.3 Å². The smallest absolute Gasteiger partial charge is 0.262 e. The molecule has 0 saturated carbocycles. The highest BCUT2D eigenvalue weighted by molar-refractivity contribution is 7.89. The van der Waals surface area contributed by atoms with E-state index in [9.17, 15) is 18.0 Å². The number of nitrogens with one attached hydrogen (secondary N) is 2. The van der Waals surface area contributed by atoms with Crippen molar-refractivity contribution in [3.63, 3.8) is 0 Å². The number of likely N-dealkylation sites (N-methyl/N-ethyl adjacent to an activating group) is 1. The molecular formula is C20H23N3O5S. The molecule has 0 spiro atoms. The predicted octanol–water partition coefficient (Wildman–Crippen LogP) is 1.82. The maximum atomic E-state index is 13.0. The van der Waals surface area contributed by atoms with Crippen LogP contribution >= 0.6 is 0 Å². The Balaban J connectivity index is 1.74. The van der Waals surface area contributed by atoms with Crippen LogP contribution in [0.5, 0.6) is 5.75 Å². The largest absolute Gasteiger partial charge is 0.482 e. The van der Waals surface area contributed by atoms with Crippen molar-refractivity contribution in [2.75, 3.05) is 25.5 Å². The van der Waals surface area contributed by atoms with Gasteiger partial charge in [-0.25, -0.2) is 8.42 Å². The van der Waals surface area contributed by atoms with Gasteiger partial charge >= 0.3 is 0 Å². The number of sulfonamides is 1. The summed E-state index contributed by atoms with van der Waals surface area (Å²) in [6, 6.07) is 12.1. The van der Waals surface area contributed by atoms with Crippen LogP contribution in [0.3, 0.4) is 0 Å². The summed E-state index contributed by atoms with van der Waals surface area (Å²) in [7, 11) is -2.58. The maximum absolute atomic E-state index is 13.0. The number of rotatable bonds is 6.